The third-order valence-corrected chi connectivity index (χ3v) is 3.90. The lowest BCUT2D eigenvalue weighted by Crippen LogP contribution is -2.19. The maximum absolute atomic E-state index is 5.78. The molecule has 0 aliphatic heterocycles. The zero-order valence-corrected chi connectivity index (χ0v) is 9.39. The van der Waals surface area contributed by atoms with Crippen molar-refractivity contribution in [3.63, 3.8) is 0 Å². The standard InChI is InChI=1S/C11H14BrN/c1-8-6-9(2-3-10(8)12)11(7-13)4-5-11/h2-3,6H,4-5,7,13H2,1H3. The molecule has 1 saturated carbocycles. The predicted octanol–water partition coefficient (Wildman–Crippen LogP) is 2.75. The van der Waals surface area contributed by atoms with Crippen LogP contribution in [0.2, 0.25) is 0 Å². The first-order valence-corrected chi connectivity index (χ1v) is 5.44. The van der Waals surface area contributed by atoms with E-state index in [1.807, 2.05) is 0 Å². The van der Waals surface area contributed by atoms with Crippen LogP contribution in [0, 0.1) is 6.92 Å². The zero-order valence-electron chi connectivity index (χ0n) is 7.81. The highest BCUT2D eigenvalue weighted by Gasteiger charge is 2.42. The molecule has 0 radical (unpaired) electrons. The average molecular weight is 240 g/mol. The first-order valence-electron chi connectivity index (χ1n) is 4.65. The van der Waals surface area contributed by atoms with E-state index in [0.717, 1.165) is 6.54 Å². The number of hydrogen-bond acceptors (Lipinski definition) is 1. The summed E-state index contributed by atoms with van der Waals surface area (Å²) in [6.07, 6.45) is 2.51. The minimum Gasteiger partial charge on any atom is -0.330 e. The highest BCUT2D eigenvalue weighted by molar-refractivity contribution is 9.10. The summed E-state index contributed by atoms with van der Waals surface area (Å²) >= 11 is 3.51. The van der Waals surface area contributed by atoms with Crippen molar-refractivity contribution in [3.05, 3.63) is 33.8 Å². The van der Waals surface area contributed by atoms with Crippen LogP contribution in [0.4, 0.5) is 0 Å². The molecule has 1 nitrogen and oxygen atoms in total. The van der Waals surface area contributed by atoms with Crippen LogP contribution in [0.3, 0.4) is 0 Å². The molecule has 0 amide bonds. The number of halogens is 1. The Bertz CT molecular complexity index is 329. The summed E-state index contributed by atoms with van der Waals surface area (Å²) in [7, 11) is 0. The van der Waals surface area contributed by atoms with Crippen LogP contribution >= 0.6 is 15.9 Å². The third-order valence-electron chi connectivity index (χ3n) is 3.01. The van der Waals surface area contributed by atoms with Gasteiger partial charge >= 0.3 is 0 Å². The summed E-state index contributed by atoms with van der Waals surface area (Å²) < 4.78 is 1.18. The topological polar surface area (TPSA) is 26.0 Å². The highest BCUT2D eigenvalue weighted by Crippen LogP contribution is 2.47. The summed E-state index contributed by atoms with van der Waals surface area (Å²) in [5.41, 5.74) is 8.82. The molecule has 1 fully saturated rings. The van der Waals surface area contributed by atoms with Crippen molar-refractivity contribution >= 4 is 15.9 Å². The van der Waals surface area contributed by atoms with Gasteiger partial charge in [0.15, 0.2) is 0 Å². The Kier molecular flexibility index (Phi) is 2.20. The molecule has 13 heavy (non-hydrogen) atoms. The van der Waals surface area contributed by atoms with Gasteiger partial charge in [-0.3, -0.25) is 0 Å². The number of rotatable bonds is 2. The maximum atomic E-state index is 5.78. The molecule has 1 aromatic rings. The molecule has 0 heterocycles. The fourth-order valence-electron chi connectivity index (χ4n) is 1.74. The van der Waals surface area contributed by atoms with Gasteiger partial charge in [-0.1, -0.05) is 28.1 Å². The van der Waals surface area contributed by atoms with Crippen molar-refractivity contribution in [1.29, 1.82) is 0 Å². The van der Waals surface area contributed by atoms with Gasteiger partial charge in [-0.05, 0) is 37.0 Å². The fraction of sp³-hybridized carbons (Fsp3) is 0.455. The van der Waals surface area contributed by atoms with E-state index < -0.39 is 0 Å². The Balaban J connectivity index is 2.37. The molecule has 1 aliphatic carbocycles. The Hall–Kier alpha value is -0.340. The molecule has 0 atom stereocenters. The molecule has 0 saturated heterocycles. The second-order valence-electron chi connectivity index (χ2n) is 3.95. The van der Waals surface area contributed by atoms with Crippen LogP contribution in [0.5, 0.6) is 0 Å². The largest absolute Gasteiger partial charge is 0.330 e. The lowest BCUT2D eigenvalue weighted by molar-refractivity contribution is 0.704. The molecular weight excluding hydrogens is 226 g/mol. The van der Waals surface area contributed by atoms with Crippen LogP contribution in [0.1, 0.15) is 24.0 Å². The third kappa shape index (κ3) is 1.53. The molecule has 70 valence electrons. The van der Waals surface area contributed by atoms with E-state index in [1.54, 1.807) is 0 Å². The number of hydrogen-bond donors (Lipinski definition) is 1. The first-order chi connectivity index (χ1) is 6.18. The Morgan fingerprint density at radius 2 is 2.15 bits per heavy atom. The molecule has 2 rings (SSSR count). The van der Waals surface area contributed by atoms with E-state index in [9.17, 15) is 0 Å². The molecule has 0 bridgehead atoms. The van der Waals surface area contributed by atoms with Crippen LogP contribution in [-0.4, -0.2) is 6.54 Å². The van der Waals surface area contributed by atoms with Crippen LogP contribution in [0.15, 0.2) is 22.7 Å². The molecule has 0 unspecified atom stereocenters. The van der Waals surface area contributed by atoms with Crippen LogP contribution in [-0.2, 0) is 5.41 Å². The van der Waals surface area contributed by atoms with E-state index in [1.165, 1.54) is 28.4 Å². The Morgan fingerprint density at radius 1 is 1.46 bits per heavy atom. The maximum Gasteiger partial charge on any atom is 0.0204 e. The molecule has 0 aromatic heterocycles. The smallest absolute Gasteiger partial charge is 0.0204 e. The van der Waals surface area contributed by atoms with Gasteiger partial charge in [-0.25, -0.2) is 0 Å². The fourth-order valence-corrected chi connectivity index (χ4v) is 1.98. The van der Waals surface area contributed by atoms with Gasteiger partial charge in [0.2, 0.25) is 0 Å². The van der Waals surface area contributed by atoms with Crippen molar-refractivity contribution in [1.82, 2.24) is 0 Å². The van der Waals surface area contributed by atoms with Crippen LogP contribution in [0.25, 0.3) is 0 Å². The van der Waals surface area contributed by atoms with E-state index in [2.05, 4.69) is 41.1 Å². The van der Waals surface area contributed by atoms with Crippen molar-refractivity contribution in [3.8, 4) is 0 Å². The minimum atomic E-state index is 0.325. The number of nitrogens with two attached hydrogens (primary N) is 1. The molecule has 0 spiro atoms. The van der Waals surface area contributed by atoms with Gasteiger partial charge in [-0.15, -0.1) is 0 Å². The Labute approximate surface area is 87.5 Å². The van der Waals surface area contributed by atoms with Gasteiger partial charge < -0.3 is 5.73 Å². The number of benzene rings is 1. The van der Waals surface area contributed by atoms with Crippen molar-refractivity contribution in [2.75, 3.05) is 6.54 Å². The van der Waals surface area contributed by atoms with E-state index >= 15 is 0 Å². The minimum absolute atomic E-state index is 0.325. The lowest BCUT2D eigenvalue weighted by atomic mass is 9.95. The monoisotopic (exact) mass is 239 g/mol. The number of aryl methyl sites for hydroxylation is 1. The molecule has 1 aliphatic rings. The zero-order chi connectivity index (χ0) is 9.47. The quantitative estimate of drug-likeness (QED) is 0.845. The van der Waals surface area contributed by atoms with E-state index in [-0.39, 0.29) is 0 Å². The summed E-state index contributed by atoms with van der Waals surface area (Å²) in [6.45, 7) is 2.91. The molecular formula is C11H14BrN. The Morgan fingerprint density at radius 3 is 2.62 bits per heavy atom. The summed E-state index contributed by atoms with van der Waals surface area (Å²) in [5.74, 6) is 0. The SMILES string of the molecule is Cc1cc(C2(CN)CC2)ccc1Br. The predicted molar refractivity (Wildman–Crippen MR) is 58.8 cm³/mol. The van der Waals surface area contributed by atoms with Crippen molar-refractivity contribution < 1.29 is 0 Å². The van der Waals surface area contributed by atoms with Gasteiger partial charge in [-0.2, -0.15) is 0 Å². The molecule has 2 N–H and O–H groups in total. The molecule has 1 aromatic carbocycles. The van der Waals surface area contributed by atoms with Crippen molar-refractivity contribution in [2.45, 2.75) is 25.2 Å². The summed E-state index contributed by atoms with van der Waals surface area (Å²) in [5, 5.41) is 0. The van der Waals surface area contributed by atoms with E-state index in [0.29, 0.717) is 5.41 Å². The second kappa shape index (κ2) is 3.10. The van der Waals surface area contributed by atoms with Crippen LogP contribution < -0.4 is 5.73 Å². The van der Waals surface area contributed by atoms with Gasteiger partial charge in [0.1, 0.15) is 0 Å². The summed E-state index contributed by atoms with van der Waals surface area (Å²) in [4.78, 5) is 0. The second-order valence-corrected chi connectivity index (χ2v) is 4.80. The highest BCUT2D eigenvalue weighted by atomic mass is 79.9. The normalized spacial score (nSPS) is 18.7. The van der Waals surface area contributed by atoms with Gasteiger partial charge in [0.25, 0.3) is 0 Å². The average Bonchev–Trinajstić information content (AvgIpc) is 2.90. The summed E-state index contributed by atoms with van der Waals surface area (Å²) in [6, 6.07) is 6.57. The van der Waals surface area contributed by atoms with Crippen molar-refractivity contribution in [2.24, 2.45) is 5.73 Å². The first kappa shape index (κ1) is 9.22. The lowest BCUT2D eigenvalue weighted by Gasteiger charge is -2.13. The van der Waals surface area contributed by atoms with Gasteiger partial charge in [0, 0.05) is 16.4 Å². The molecule has 2 heteroatoms. The van der Waals surface area contributed by atoms with E-state index in [4.69, 9.17) is 5.73 Å². The van der Waals surface area contributed by atoms with Gasteiger partial charge in [0.05, 0.1) is 0 Å².